The molecule has 0 amide bonds. The molecule has 1 aromatic rings. The number of pyridine rings is 1. The molecule has 1 fully saturated rings. The maximum Gasteiger partial charge on any atom is 0.141 e. The summed E-state index contributed by atoms with van der Waals surface area (Å²) in [4.78, 5) is 4.08. The SMILES string of the molecule is CC1(C)CC(C(N)c2ccc(F)cn2)C(C)(C)O1. The lowest BCUT2D eigenvalue weighted by Crippen LogP contribution is -2.36. The fourth-order valence-electron chi connectivity index (χ4n) is 2.95. The molecule has 1 saturated heterocycles. The van der Waals surface area contributed by atoms with Crippen LogP contribution in [0.25, 0.3) is 0 Å². The summed E-state index contributed by atoms with van der Waals surface area (Å²) in [5.74, 6) is -0.168. The average Bonchev–Trinajstić information content (AvgIpc) is 2.47. The van der Waals surface area contributed by atoms with Crippen LogP contribution in [0, 0.1) is 11.7 Å². The standard InChI is InChI=1S/C14H21FN2O/c1-13(2)7-10(14(3,4)18-13)12(16)11-6-5-9(15)8-17-11/h5-6,8,10,12H,7,16H2,1-4H3. The summed E-state index contributed by atoms with van der Waals surface area (Å²) in [7, 11) is 0. The van der Waals surface area contributed by atoms with E-state index in [4.69, 9.17) is 10.5 Å². The number of hydrogen-bond acceptors (Lipinski definition) is 3. The van der Waals surface area contributed by atoms with Crippen molar-refractivity contribution in [3.8, 4) is 0 Å². The van der Waals surface area contributed by atoms with Gasteiger partial charge in [0.15, 0.2) is 0 Å². The van der Waals surface area contributed by atoms with E-state index in [1.165, 1.54) is 12.3 Å². The summed E-state index contributed by atoms with van der Waals surface area (Å²) in [6.07, 6.45) is 2.09. The Morgan fingerprint density at radius 3 is 2.50 bits per heavy atom. The predicted molar refractivity (Wildman–Crippen MR) is 68.5 cm³/mol. The van der Waals surface area contributed by atoms with Gasteiger partial charge in [0.25, 0.3) is 0 Å². The van der Waals surface area contributed by atoms with Crippen LogP contribution in [0.4, 0.5) is 4.39 Å². The van der Waals surface area contributed by atoms with Crippen LogP contribution in [0.3, 0.4) is 0 Å². The van der Waals surface area contributed by atoms with Crippen molar-refractivity contribution in [2.24, 2.45) is 11.7 Å². The monoisotopic (exact) mass is 252 g/mol. The van der Waals surface area contributed by atoms with Crippen molar-refractivity contribution in [2.45, 2.75) is 51.4 Å². The van der Waals surface area contributed by atoms with Crippen molar-refractivity contribution in [1.29, 1.82) is 0 Å². The molecular formula is C14H21FN2O. The molecule has 2 heterocycles. The third kappa shape index (κ3) is 2.54. The third-order valence-electron chi connectivity index (χ3n) is 3.67. The molecule has 1 aliphatic heterocycles. The minimum absolute atomic E-state index is 0.172. The molecule has 0 aromatic carbocycles. The van der Waals surface area contributed by atoms with Crippen LogP contribution >= 0.6 is 0 Å². The van der Waals surface area contributed by atoms with E-state index in [-0.39, 0.29) is 29.0 Å². The molecule has 3 nitrogen and oxygen atoms in total. The smallest absolute Gasteiger partial charge is 0.141 e. The zero-order chi connectivity index (χ0) is 13.6. The number of halogens is 1. The average molecular weight is 252 g/mol. The number of hydrogen-bond donors (Lipinski definition) is 1. The van der Waals surface area contributed by atoms with Crippen LogP contribution in [0.5, 0.6) is 0 Å². The van der Waals surface area contributed by atoms with Crippen molar-refractivity contribution in [3.63, 3.8) is 0 Å². The molecule has 1 aliphatic rings. The van der Waals surface area contributed by atoms with Crippen molar-refractivity contribution in [2.75, 3.05) is 0 Å². The van der Waals surface area contributed by atoms with Gasteiger partial charge < -0.3 is 10.5 Å². The lowest BCUT2D eigenvalue weighted by molar-refractivity contribution is -0.0768. The topological polar surface area (TPSA) is 48.1 Å². The highest BCUT2D eigenvalue weighted by atomic mass is 19.1. The molecule has 0 radical (unpaired) electrons. The van der Waals surface area contributed by atoms with Gasteiger partial charge >= 0.3 is 0 Å². The number of ether oxygens (including phenoxy) is 1. The first-order chi connectivity index (χ1) is 8.21. The van der Waals surface area contributed by atoms with Crippen molar-refractivity contribution >= 4 is 0 Å². The van der Waals surface area contributed by atoms with E-state index in [2.05, 4.69) is 32.7 Å². The highest BCUT2D eigenvalue weighted by molar-refractivity contribution is 5.13. The van der Waals surface area contributed by atoms with Gasteiger partial charge in [0.2, 0.25) is 0 Å². The van der Waals surface area contributed by atoms with E-state index in [1.807, 2.05) is 0 Å². The second-order valence-electron chi connectivity index (χ2n) is 6.20. The molecule has 2 N–H and O–H groups in total. The van der Waals surface area contributed by atoms with Crippen LogP contribution in [-0.4, -0.2) is 16.2 Å². The fourth-order valence-corrected chi connectivity index (χ4v) is 2.95. The second-order valence-corrected chi connectivity index (χ2v) is 6.20. The fraction of sp³-hybridized carbons (Fsp3) is 0.643. The molecule has 0 spiro atoms. The summed E-state index contributed by atoms with van der Waals surface area (Å²) in [6, 6.07) is 2.82. The Morgan fingerprint density at radius 1 is 1.39 bits per heavy atom. The summed E-state index contributed by atoms with van der Waals surface area (Å²) in [5, 5.41) is 0. The zero-order valence-corrected chi connectivity index (χ0v) is 11.4. The quantitative estimate of drug-likeness (QED) is 0.880. The number of rotatable bonds is 2. The zero-order valence-electron chi connectivity index (χ0n) is 11.4. The van der Waals surface area contributed by atoms with E-state index >= 15 is 0 Å². The lowest BCUT2D eigenvalue weighted by atomic mass is 9.80. The Kier molecular flexibility index (Phi) is 3.19. The first kappa shape index (κ1) is 13.4. The van der Waals surface area contributed by atoms with Crippen molar-refractivity contribution in [1.82, 2.24) is 4.98 Å². The van der Waals surface area contributed by atoms with E-state index < -0.39 is 0 Å². The third-order valence-corrected chi connectivity index (χ3v) is 3.67. The number of aromatic nitrogens is 1. The van der Waals surface area contributed by atoms with E-state index in [9.17, 15) is 4.39 Å². The molecule has 2 atom stereocenters. The Bertz CT molecular complexity index is 428. The van der Waals surface area contributed by atoms with Crippen molar-refractivity contribution in [3.05, 3.63) is 29.8 Å². The molecule has 2 rings (SSSR count). The minimum atomic E-state index is -0.340. The van der Waals surface area contributed by atoms with Gasteiger partial charge in [-0.1, -0.05) is 0 Å². The summed E-state index contributed by atoms with van der Waals surface area (Å²) in [6.45, 7) is 8.24. The molecular weight excluding hydrogens is 231 g/mol. The Morgan fingerprint density at radius 2 is 2.06 bits per heavy atom. The van der Waals surface area contributed by atoms with Gasteiger partial charge in [0, 0.05) is 5.92 Å². The highest BCUT2D eigenvalue weighted by Gasteiger charge is 2.48. The molecule has 100 valence electrons. The molecule has 0 bridgehead atoms. The molecule has 0 aliphatic carbocycles. The highest BCUT2D eigenvalue weighted by Crippen LogP contribution is 2.46. The van der Waals surface area contributed by atoms with Gasteiger partial charge in [0.1, 0.15) is 5.82 Å². The number of nitrogens with two attached hydrogens (primary N) is 1. The number of nitrogens with zero attached hydrogens (tertiary/aromatic N) is 1. The Hall–Kier alpha value is -1.00. The van der Waals surface area contributed by atoms with Crippen LogP contribution in [0.2, 0.25) is 0 Å². The van der Waals surface area contributed by atoms with Gasteiger partial charge in [-0.3, -0.25) is 4.98 Å². The summed E-state index contributed by atoms with van der Waals surface area (Å²) < 4.78 is 18.9. The van der Waals surface area contributed by atoms with Crippen molar-refractivity contribution < 1.29 is 9.13 Å². The lowest BCUT2D eigenvalue weighted by Gasteiger charge is -2.30. The van der Waals surface area contributed by atoms with Gasteiger partial charge in [-0.25, -0.2) is 4.39 Å². The minimum Gasteiger partial charge on any atom is -0.369 e. The van der Waals surface area contributed by atoms with Crippen LogP contribution in [0.15, 0.2) is 18.3 Å². The van der Waals surface area contributed by atoms with Gasteiger partial charge in [-0.05, 0) is 46.2 Å². The van der Waals surface area contributed by atoms with Gasteiger partial charge in [-0.15, -0.1) is 0 Å². The Labute approximate surface area is 108 Å². The first-order valence-corrected chi connectivity index (χ1v) is 6.28. The van der Waals surface area contributed by atoms with Gasteiger partial charge in [0.05, 0.1) is 29.1 Å². The maximum absolute atomic E-state index is 12.9. The molecule has 2 unspecified atom stereocenters. The maximum atomic E-state index is 12.9. The van der Waals surface area contributed by atoms with E-state index in [0.717, 1.165) is 12.1 Å². The second kappa shape index (κ2) is 4.28. The molecule has 4 heteroatoms. The largest absolute Gasteiger partial charge is 0.369 e. The van der Waals surface area contributed by atoms with E-state index in [1.54, 1.807) is 6.07 Å². The molecule has 0 saturated carbocycles. The normalized spacial score (nSPS) is 27.1. The summed E-state index contributed by atoms with van der Waals surface area (Å²) in [5.41, 5.74) is 6.53. The summed E-state index contributed by atoms with van der Waals surface area (Å²) >= 11 is 0. The van der Waals surface area contributed by atoms with Crippen LogP contribution in [-0.2, 0) is 4.74 Å². The first-order valence-electron chi connectivity index (χ1n) is 6.28. The van der Waals surface area contributed by atoms with Crippen LogP contribution < -0.4 is 5.73 Å². The molecule has 1 aromatic heterocycles. The van der Waals surface area contributed by atoms with Gasteiger partial charge in [-0.2, -0.15) is 0 Å². The predicted octanol–water partition coefficient (Wildman–Crippen LogP) is 2.81. The van der Waals surface area contributed by atoms with E-state index in [0.29, 0.717) is 0 Å². The Balaban J connectivity index is 2.23. The van der Waals surface area contributed by atoms with Crippen LogP contribution in [0.1, 0.15) is 45.9 Å². The molecule has 18 heavy (non-hydrogen) atoms.